The van der Waals surface area contributed by atoms with Crippen LogP contribution >= 0.6 is 24.0 Å². The van der Waals surface area contributed by atoms with Gasteiger partial charge in [-0.15, -0.1) is 24.0 Å². The van der Waals surface area contributed by atoms with Gasteiger partial charge in [-0.3, -0.25) is 4.99 Å². The van der Waals surface area contributed by atoms with Gasteiger partial charge in [0.15, 0.2) is 5.96 Å². The van der Waals surface area contributed by atoms with Crippen LogP contribution in [-0.4, -0.2) is 25.2 Å². The second-order valence-electron chi connectivity index (χ2n) is 5.25. The van der Waals surface area contributed by atoms with Crippen LogP contribution in [-0.2, 0) is 4.74 Å². The minimum absolute atomic E-state index is 0. The van der Waals surface area contributed by atoms with Crippen LogP contribution in [0.3, 0.4) is 0 Å². The minimum atomic E-state index is 0. The number of aliphatic imine (C=N–C) groups is 1. The first-order valence-corrected chi connectivity index (χ1v) is 7.65. The smallest absolute Gasteiger partial charge is 0.193 e. The Kier molecular flexibility index (Phi) is 9.18. The molecule has 0 saturated carbocycles. The number of nitrogens with two attached hydrogens (primary N) is 1. The predicted octanol–water partition coefficient (Wildman–Crippen LogP) is 4.25. The summed E-state index contributed by atoms with van der Waals surface area (Å²) in [4.78, 5) is 4.22. The van der Waals surface area contributed by atoms with Gasteiger partial charge in [-0.2, -0.15) is 0 Å². The fraction of sp³-hybridized carbons (Fsp3) is 0.278. The number of guanidine groups is 1. The first-order valence-electron chi connectivity index (χ1n) is 7.65. The topological polar surface area (TPSA) is 68.9 Å². The van der Waals surface area contributed by atoms with Gasteiger partial charge in [-0.1, -0.05) is 24.3 Å². The highest BCUT2D eigenvalue weighted by Crippen LogP contribution is 2.23. The molecule has 5 nitrogen and oxygen atoms in total. The largest absolute Gasteiger partial charge is 0.457 e. The fourth-order valence-corrected chi connectivity index (χ4v) is 1.90. The minimum Gasteiger partial charge on any atom is -0.457 e. The zero-order valence-electron chi connectivity index (χ0n) is 13.9. The molecular formula is C18H24IN3O2. The molecular weight excluding hydrogens is 417 g/mol. The van der Waals surface area contributed by atoms with E-state index in [2.05, 4.69) is 10.3 Å². The molecule has 0 aliphatic carbocycles. The molecule has 0 fully saturated rings. The van der Waals surface area contributed by atoms with Crippen molar-refractivity contribution >= 4 is 35.6 Å². The molecule has 2 aromatic carbocycles. The lowest BCUT2D eigenvalue weighted by Gasteiger charge is -2.10. The monoisotopic (exact) mass is 441 g/mol. The van der Waals surface area contributed by atoms with Crippen molar-refractivity contribution in [3.8, 4) is 11.5 Å². The maximum absolute atomic E-state index is 5.87. The number of hydrogen-bond acceptors (Lipinski definition) is 3. The molecule has 0 spiro atoms. The number of nitrogens with zero attached hydrogens (tertiary/aromatic N) is 1. The van der Waals surface area contributed by atoms with Crippen molar-refractivity contribution in [1.29, 1.82) is 0 Å². The maximum atomic E-state index is 5.87. The van der Waals surface area contributed by atoms with Crippen LogP contribution in [0.1, 0.15) is 13.8 Å². The molecule has 0 aliphatic rings. The Hall–Kier alpha value is -1.80. The van der Waals surface area contributed by atoms with E-state index < -0.39 is 0 Å². The highest BCUT2D eigenvalue weighted by molar-refractivity contribution is 14.0. The average molecular weight is 441 g/mol. The van der Waals surface area contributed by atoms with Crippen LogP contribution in [0.25, 0.3) is 0 Å². The van der Waals surface area contributed by atoms with E-state index >= 15 is 0 Å². The van der Waals surface area contributed by atoms with Crippen molar-refractivity contribution in [3.63, 3.8) is 0 Å². The predicted molar refractivity (Wildman–Crippen MR) is 110 cm³/mol. The number of rotatable bonds is 7. The van der Waals surface area contributed by atoms with Crippen LogP contribution in [0, 0.1) is 0 Å². The first-order chi connectivity index (χ1) is 11.1. The zero-order chi connectivity index (χ0) is 16.5. The van der Waals surface area contributed by atoms with E-state index in [0.717, 1.165) is 17.2 Å². The van der Waals surface area contributed by atoms with Gasteiger partial charge >= 0.3 is 0 Å². The Morgan fingerprint density at radius 1 is 1.08 bits per heavy atom. The summed E-state index contributed by atoms with van der Waals surface area (Å²) in [6, 6.07) is 17.2. The van der Waals surface area contributed by atoms with Crippen molar-refractivity contribution in [2.24, 2.45) is 10.7 Å². The Morgan fingerprint density at radius 2 is 1.79 bits per heavy atom. The van der Waals surface area contributed by atoms with E-state index in [1.54, 1.807) is 0 Å². The lowest BCUT2D eigenvalue weighted by Crippen LogP contribution is -2.23. The number of benzene rings is 2. The van der Waals surface area contributed by atoms with E-state index in [-0.39, 0.29) is 30.1 Å². The van der Waals surface area contributed by atoms with Gasteiger partial charge in [-0.25, -0.2) is 0 Å². The van der Waals surface area contributed by atoms with Crippen LogP contribution < -0.4 is 15.8 Å². The quantitative estimate of drug-likeness (QED) is 0.292. The molecule has 0 bridgehead atoms. The van der Waals surface area contributed by atoms with E-state index in [1.165, 1.54) is 0 Å². The third kappa shape index (κ3) is 7.65. The molecule has 0 saturated heterocycles. The third-order valence-corrected chi connectivity index (χ3v) is 2.91. The number of para-hydroxylation sites is 1. The van der Waals surface area contributed by atoms with E-state index in [4.69, 9.17) is 15.2 Å². The Bertz CT molecular complexity index is 633. The molecule has 0 heterocycles. The SMILES string of the molecule is CC(C)OCCN=C(N)Nc1cccc(Oc2ccccc2)c1.I. The van der Waals surface area contributed by atoms with Gasteiger partial charge in [0.05, 0.1) is 19.3 Å². The van der Waals surface area contributed by atoms with Gasteiger partial charge < -0.3 is 20.5 Å². The summed E-state index contributed by atoms with van der Waals surface area (Å²) >= 11 is 0. The Balaban J connectivity index is 0.00000288. The van der Waals surface area contributed by atoms with Gasteiger partial charge in [0.25, 0.3) is 0 Å². The molecule has 0 aromatic heterocycles. The fourth-order valence-electron chi connectivity index (χ4n) is 1.90. The molecule has 0 amide bonds. The average Bonchev–Trinajstić information content (AvgIpc) is 2.53. The Labute approximate surface area is 160 Å². The third-order valence-electron chi connectivity index (χ3n) is 2.91. The molecule has 130 valence electrons. The lowest BCUT2D eigenvalue weighted by molar-refractivity contribution is 0.0853. The molecule has 0 unspecified atom stereocenters. The zero-order valence-corrected chi connectivity index (χ0v) is 16.3. The second kappa shape index (κ2) is 10.9. The lowest BCUT2D eigenvalue weighted by atomic mass is 10.3. The molecule has 0 radical (unpaired) electrons. The van der Waals surface area contributed by atoms with Crippen LogP contribution in [0.15, 0.2) is 59.6 Å². The summed E-state index contributed by atoms with van der Waals surface area (Å²) in [5.41, 5.74) is 6.69. The standard InChI is InChI=1S/C18H23N3O2.HI/c1-14(2)22-12-11-20-18(19)21-15-7-6-10-17(13-15)23-16-8-4-3-5-9-16;/h3-10,13-14H,11-12H2,1-2H3,(H3,19,20,21);1H. The highest BCUT2D eigenvalue weighted by atomic mass is 127. The number of nitrogens with one attached hydrogen (secondary N) is 1. The van der Waals surface area contributed by atoms with Gasteiger partial charge in [-0.05, 0) is 38.1 Å². The number of anilines is 1. The summed E-state index contributed by atoms with van der Waals surface area (Å²) in [5, 5.41) is 3.05. The van der Waals surface area contributed by atoms with Crippen molar-refractivity contribution in [2.45, 2.75) is 20.0 Å². The summed E-state index contributed by atoms with van der Waals surface area (Å²) in [6.07, 6.45) is 0.200. The summed E-state index contributed by atoms with van der Waals surface area (Å²) in [6.45, 7) is 5.06. The Morgan fingerprint density at radius 3 is 2.50 bits per heavy atom. The summed E-state index contributed by atoms with van der Waals surface area (Å²) in [7, 11) is 0. The maximum Gasteiger partial charge on any atom is 0.193 e. The van der Waals surface area contributed by atoms with E-state index in [0.29, 0.717) is 19.1 Å². The van der Waals surface area contributed by atoms with Gasteiger partial charge in [0.1, 0.15) is 11.5 Å². The molecule has 6 heteroatoms. The van der Waals surface area contributed by atoms with E-state index in [1.807, 2.05) is 68.4 Å². The number of hydrogen-bond donors (Lipinski definition) is 2. The second-order valence-corrected chi connectivity index (χ2v) is 5.25. The molecule has 3 N–H and O–H groups in total. The van der Waals surface area contributed by atoms with E-state index in [9.17, 15) is 0 Å². The van der Waals surface area contributed by atoms with Crippen LogP contribution in [0.2, 0.25) is 0 Å². The normalized spacial score (nSPS) is 11.0. The van der Waals surface area contributed by atoms with Crippen molar-refractivity contribution in [2.75, 3.05) is 18.5 Å². The van der Waals surface area contributed by atoms with Crippen LogP contribution in [0.4, 0.5) is 5.69 Å². The molecule has 2 aromatic rings. The first kappa shape index (κ1) is 20.2. The number of halogens is 1. The van der Waals surface area contributed by atoms with Crippen LogP contribution in [0.5, 0.6) is 11.5 Å². The van der Waals surface area contributed by atoms with Gasteiger partial charge in [0, 0.05) is 11.8 Å². The molecule has 0 atom stereocenters. The molecule has 2 rings (SSSR count). The van der Waals surface area contributed by atoms with Crippen molar-refractivity contribution in [3.05, 3.63) is 54.6 Å². The van der Waals surface area contributed by atoms with Gasteiger partial charge in [0.2, 0.25) is 0 Å². The van der Waals surface area contributed by atoms with Crippen molar-refractivity contribution in [1.82, 2.24) is 0 Å². The van der Waals surface area contributed by atoms with Crippen molar-refractivity contribution < 1.29 is 9.47 Å². The number of ether oxygens (including phenoxy) is 2. The molecule has 0 aliphatic heterocycles. The highest BCUT2D eigenvalue weighted by Gasteiger charge is 2.00. The summed E-state index contributed by atoms with van der Waals surface area (Å²) < 4.78 is 11.2. The molecule has 24 heavy (non-hydrogen) atoms. The summed E-state index contributed by atoms with van der Waals surface area (Å²) in [5.74, 6) is 1.88.